The fraction of sp³-hybridized carbons (Fsp3) is 0.450. The van der Waals surface area contributed by atoms with Crippen LogP contribution in [0.4, 0.5) is 10.5 Å². The van der Waals surface area contributed by atoms with Crippen LogP contribution in [0.2, 0.25) is 0 Å². The van der Waals surface area contributed by atoms with Crippen LogP contribution < -0.4 is 10.6 Å². The third kappa shape index (κ3) is 5.10. The smallest absolute Gasteiger partial charge is 0.319 e. The number of anilines is 1. The molecule has 0 saturated heterocycles. The molecular formula is C20H27N3O2. The first-order chi connectivity index (χ1) is 12.2. The lowest BCUT2D eigenvalue weighted by atomic mass is 9.94. The summed E-state index contributed by atoms with van der Waals surface area (Å²) in [5, 5.41) is 5.78. The van der Waals surface area contributed by atoms with E-state index in [1.807, 2.05) is 30.3 Å². The molecular weight excluding hydrogens is 314 g/mol. The summed E-state index contributed by atoms with van der Waals surface area (Å²) in [4.78, 5) is 14.6. The van der Waals surface area contributed by atoms with Gasteiger partial charge in [-0.05, 0) is 43.7 Å². The van der Waals surface area contributed by atoms with E-state index >= 15 is 0 Å². The van der Waals surface area contributed by atoms with Crippen LogP contribution in [0, 0.1) is 0 Å². The van der Waals surface area contributed by atoms with Gasteiger partial charge in [0.05, 0.1) is 12.8 Å². The molecule has 134 valence electrons. The molecule has 0 atom stereocenters. The number of carbonyl (C=O) groups excluding carboxylic acids is 1. The molecule has 25 heavy (non-hydrogen) atoms. The average molecular weight is 341 g/mol. The largest absolute Gasteiger partial charge is 0.467 e. The Labute approximate surface area is 149 Å². The average Bonchev–Trinajstić information content (AvgIpc) is 3.16. The van der Waals surface area contributed by atoms with E-state index in [-0.39, 0.29) is 6.03 Å². The van der Waals surface area contributed by atoms with Crippen LogP contribution >= 0.6 is 0 Å². The summed E-state index contributed by atoms with van der Waals surface area (Å²) >= 11 is 0. The number of furan rings is 1. The van der Waals surface area contributed by atoms with Gasteiger partial charge in [-0.15, -0.1) is 0 Å². The zero-order valence-electron chi connectivity index (χ0n) is 14.8. The van der Waals surface area contributed by atoms with Crippen molar-refractivity contribution in [1.82, 2.24) is 10.2 Å². The second-order valence-corrected chi connectivity index (χ2v) is 6.75. The SMILES string of the molecule is CN(Cc1ccccc1NC(=O)NCc1ccco1)C1CCCCC1. The molecule has 1 aromatic carbocycles. The maximum Gasteiger partial charge on any atom is 0.319 e. The van der Waals surface area contributed by atoms with Gasteiger partial charge in [0.2, 0.25) is 0 Å². The van der Waals surface area contributed by atoms with Crippen molar-refractivity contribution in [3.05, 3.63) is 54.0 Å². The van der Waals surface area contributed by atoms with Crippen molar-refractivity contribution in [1.29, 1.82) is 0 Å². The zero-order chi connectivity index (χ0) is 17.5. The summed E-state index contributed by atoms with van der Waals surface area (Å²) in [6.45, 7) is 1.22. The lowest BCUT2D eigenvalue weighted by Crippen LogP contribution is -2.33. The predicted molar refractivity (Wildman–Crippen MR) is 99.3 cm³/mol. The van der Waals surface area contributed by atoms with Crippen LogP contribution in [0.5, 0.6) is 0 Å². The fourth-order valence-electron chi connectivity index (χ4n) is 3.45. The number of rotatable bonds is 6. The van der Waals surface area contributed by atoms with E-state index in [0.29, 0.717) is 12.6 Å². The molecule has 0 bridgehead atoms. The summed E-state index contributed by atoms with van der Waals surface area (Å²) in [7, 11) is 2.18. The lowest BCUT2D eigenvalue weighted by Gasteiger charge is -2.31. The molecule has 1 fully saturated rings. The monoisotopic (exact) mass is 341 g/mol. The highest BCUT2D eigenvalue weighted by atomic mass is 16.3. The third-order valence-corrected chi connectivity index (χ3v) is 4.89. The van der Waals surface area contributed by atoms with Gasteiger partial charge in [-0.25, -0.2) is 4.79 Å². The number of benzene rings is 1. The van der Waals surface area contributed by atoms with E-state index in [9.17, 15) is 4.79 Å². The first-order valence-electron chi connectivity index (χ1n) is 9.08. The Morgan fingerprint density at radius 3 is 2.72 bits per heavy atom. The molecule has 1 heterocycles. The van der Waals surface area contributed by atoms with Crippen LogP contribution in [-0.4, -0.2) is 24.0 Å². The van der Waals surface area contributed by atoms with Crippen LogP contribution in [0.3, 0.4) is 0 Å². The Hall–Kier alpha value is -2.27. The lowest BCUT2D eigenvalue weighted by molar-refractivity contribution is 0.185. The van der Waals surface area contributed by atoms with E-state index in [0.717, 1.165) is 23.6 Å². The van der Waals surface area contributed by atoms with Gasteiger partial charge in [0, 0.05) is 18.3 Å². The van der Waals surface area contributed by atoms with Gasteiger partial charge in [-0.2, -0.15) is 0 Å². The topological polar surface area (TPSA) is 57.5 Å². The Morgan fingerprint density at radius 1 is 1.16 bits per heavy atom. The highest BCUT2D eigenvalue weighted by Crippen LogP contribution is 2.24. The van der Waals surface area contributed by atoms with Crippen molar-refractivity contribution in [2.24, 2.45) is 0 Å². The molecule has 0 aliphatic heterocycles. The van der Waals surface area contributed by atoms with E-state index in [1.165, 1.54) is 32.1 Å². The van der Waals surface area contributed by atoms with Crippen molar-refractivity contribution in [2.45, 2.75) is 51.2 Å². The molecule has 5 heteroatoms. The summed E-state index contributed by atoms with van der Waals surface area (Å²) in [5.41, 5.74) is 2.01. The minimum atomic E-state index is -0.218. The Bertz CT molecular complexity index is 663. The normalized spacial score (nSPS) is 15.3. The summed E-state index contributed by atoms with van der Waals surface area (Å²) < 4.78 is 5.23. The van der Waals surface area contributed by atoms with E-state index in [2.05, 4.69) is 28.6 Å². The van der Waals surface area contributed by atoms with Crippen LogP contribution in [0.25, 0.3) is 0 Å². The first-order valence-corrected chi connectivity index (χ1v) is 9.08. The minimum Gasteiger partial charge on any atom is -0.467 e. The minimum absolute atomic E-state index is 0.218. The predicted octanol–water partition coefficient (Wildman–Crippen LogP) is 4.37. The molecule has 2 aromatic rings. The van der Waals surface area contributed by atoms with Crippen LogP contribution in [-0.2, 0) is 13.1 Å². The molecule has 1 aliphatic carbocycles. The number of urea groups is 1. The number of nitrogens with one attached hydrogen (secondary N) is 2. The van der Waals surface area contributed by atoms with Gasteiger partial charge in [-0.3, -0.25) is 4.90 Å². The Morgan fingerprint density at radius 2 is 1.96 bits per heavy atom. The van der Waals surface area contributed by atoms with Crippen molar-refractivity contribution in [2.75, 3.05) is 12.4 Å². The third-order valence-electron chi connectivity index (χ3n) is 4.89. The molecule has 2 amide bonds. The van der Waals surface area contributed by atoms with Gasteiger partial charge in [0.25, 0.3) is 0 Å². The summed E-state index contributed by atoms with van der Waals surface area (Å²) in [6.07, 6.45) is 8.16. The number of hydrogen-bond acceptors (Lipinski definition) is 3. The number of carbonyl (C=O) groups is 1. The van der Waals surface area contributed by atoms with Gasteiger partial charge in [0.1, 0.15) is 5.76 Å². The van der Waals surface area contributed by atoms with E-state index in [4.69, 9.17) is 4.42 Å². The van der Waals surface area contributed by atoms with Gasteiger partial charge >= 0.3 is 6.03 Å². The second kappa shape index (κ2) is 8.72. The molecule has 0 radical (unpaired) electrons. The van der Waals surface area contributed by atoms with Crippen molar-refractivity contribution in [3.63, 3.8) is 0 Å². The molecule has 1 saturated carbocycles. The maximum absolute atomic E-state index is 12.2. The Balaban J connectivity index is 1.57. The van der Waals surface area contributed by atoms with Crippen LogP contribution in [0.1, 0.15) is 43.4 Å². The maximum atomic E-state index is 12.2. The van der Waals surface area contributed by atoms with E-state index < -0.39 is 0 Å². The van der Waals surface area contributed by atoms with Gasteiger partial charge in [-0.1, -0.05) is 37.5 Å². The van der Waals surface area contributed by atoms with Crippen molar-refractivity contribution in [3.8, 4) is 0 Å². The van der Waals surface area contributed by atoms with Crippen molar-refractivity contribution < 1.29 is 9.21 Å². The molecule has 1 aromatic heterocycles. The van der Waals surface area contributed by atoms with Crippen molar-refractivity contribution >= 4 is 11.7 Å². The number of nitrogens with zero attached hydrogens (tertiary/aromatic N) is 1. The molecule has 3 rings (SSSR count). The summed E-state index contributed by atoms with van der Waals surface area (Å²) in [6, 6.07) is 12.1. The first kappa shape index (κ1) is 17.5. The van der Waals surface area contributed by atoms with Gasteiger partial charge < -0.3 is 15.1 Å². The molecule has 1 aliphatic rings. The van der Waals surface area contributed by atoms with E-state index in [1.54, 1.807) is 6.26 Å². The number of hydrogen-bond donors (Lipinski definition) is 2. The standard InChI is InChI=1S/C20H27N3O2/c1-23(17-9-3-2-4-10-17)15-16-8-5-6-12-19(16)22-20(24)21-14-18-11-7-13-25-18/h5-8,11-13,17H,2-4,9-10,14-15H2,1H3,(H2,21,22,24). The second-order valence-electron chi connectivity index (χ2n) is 6.75. The molecule has 0 spiro atoms. The highest BCUT2D eigenvalue weighted by molar-refractivity contribution is 5.90. The quantitative estimate of drug-likeness (QED) is 0.820. The zero-order valence-corrected chi connectivity index (χ0v) is 14.8. The Kier molecular flexibility index (Phi) is 6.12. The number of amides is 2. The summed E-state index contributed by atoms with van der Waals surface area (Å²) in [5.74, 6) is 0.737. The number of para-hydroxylation sites is 1. The van der Waals surface area contributed by atoms with Gasteiger partial charge in [0.15, 0.2) is 0 Å². The highest BCUT2D eigenvalue weighted by Gasteiger charge is 2.19. The van der Waals surface area contributed by atoms with Crippen LogP contribution in [0.15, 0.2) is 47.1 Å². The fourth-order valence-corrected chi connectivity index (χ4v) is 3.45. The molecule has 0 unspecified atom stereocenters. The molecule has 5 nitrogen and oxygen atoms in total. The molecule has 2 N–H and O–H groups in total.